The zero-order valence-electron chi connectivity index (χ0n) is 8.42. The molecule has 0 bridgehead atoms. The Kier molecular flexibility index (Phi) is 2.61. The molecule has 1 heterocycles. The van der Waals surface area contributed by atoms with Crippen LogP contribution >= 0.6 is 0 Å². The highest BCUT2D eigenvalue weighted by atomic mass is 16.3. The molecule has 0 aliphatic heterocycles. The maximum Gasteiger partial charge on any atom is 0.256 e. The van der Waals surface area contributed by atoms with E-state index >= 15 is 0 Å². The van der Waals surface area contributed by atoms with Crippen LogP contribution in [0.1, 0.15) is 30.0 Å². The molecule has 0 saturated heterocycles. The van der Waals surface area contributed by atoms with Crippen molar-refractivity contribution in [3.8, 4) is 6.07 Å². The lowest BCUT2D eigenvalue weighted by Gasteiger charge is -2.16. The van der Waals surface area contributed by atoms with Crippen molar-refractivity contribution in [2.45, 2.75) is 26.3 Å². The fourth-order valence-electron chi connectivity index (χ4n) is 1.000. The summed E-state index contributed by atoms with van der Waals surface area (Å²) in [6.45, 7) is 4.98. The molecule has 74 valence electrons. The Bertz CT molecular complexity index is 385. The number of amides is 1. The third-order valence-corrected chi connectivity index (χ3v) is 1.81. The molecule has 0 atom stereocenters. The Morgan fingerprint density at radius 3 is 2.71 bits per heavy atom. The molecule has 0 saturated carbocycles. The van der Waals surface area contributed by atoms with Gasteiger partial charge in [0.1, 0.15) is 11.3 Å². The van der Waals surface area contributed by atoms with E-state index in [2.05, 4.69) is 5.32 Å². The van der Waals surface area contributed by atoms with Gasteiger partial charge in [-0.3, -0.25) is 4.79 Å². The van der Waals surface area contributed by atoms with Crippen LogP contribution in [0.3, 0.4) is 0 Å². The first-order valence-electron chi connectivity index (χ1n) is 4.24. The summed E-state index contributed by atoms with van der Waals surface area (Å²) in [6, 6.07) is 3.57. The molecular weight excluding hydrogens is 180 g/mol. The predicted octanol–water partition coefficient (Wildman–Crippen LogP) is 1.62. The van der Waals surface area contributed by atoms with Crippen molar-refractivity contribution in [2.75, 3.05) is 0 Å². The van der Waals surface area contributed by atoms with Crippen LogP contribution in [-0.4, -0.2) is 11.4 Å². The zero-order valence-corrected chi connectivity index (χ0v) is 8.42. The molecule has 1 aromatic rings. The highest BCUT2D eigenvalue weighted by molar-refractivity contribution is 5.95. The lowest BCUT2D eigenvalue weighted by molar-refractivity contribution is 0.0927. The van der Waals surface area contributed by atoms with E-state index in [0.717, 1.165) is 0 Å². The number of rotatable bonds is 2. The van der Waals surface area contributed by atoms with E-state index in [9.17, 15) is 4.79 Å². The minimum atomic E-state index is -0.860. The highest BCUT2D eigenvalue weighted by Gasteiger charge is 2.21. The number of hydrogen-bond acceptors (Lipinski definition) is 3. The average Bonchev–Trinajstić information content (AvgIpc) is 2.51. The molecule has 0 fully saturated rings. The van der Waals surface area contributed by atoms with Crippen LogP contribution < -0.4 is 5.32 Å². The summed E-state index contributed by atoms with van der Waals surface area (Å²) < 4.78 is 4.99. The number of carbonyl (C=O) groups is 1. The van der Waals surface area contributed by atoms with Gasteiger partial charge in [0.25, 0.3) is 5.91 Å². The molecule has 0 spiro atoms. The average molecular weight is 192 g/mol. The van der Waals surface area contributed by atoms with Crippen LogP contribution in [0.15, 0.2) is 16.7 Å². The van der Waals surface area contributed by atoms with Gasteiger partial charge in [-0.2, -0.15) is 5.26 Å². The number of nitrogens with one attached hydrogen (secondary N) is 1. The zero-order chi connectivity index (χ0) is 10.8. The fourth-order valence-corrected chi connectivity index (χ4v) is 1.000. The molecule has 1 N–H and O–H groups in total. The highest BCUT2D eigenvalue weighted by Crippen LogP contribution is 2.10. The van der Waals surface area contributed by atoms with Crippen molar-refractivity contribution in [3.05, 3.63) is 23.7 Å². The number of aryl methyl sites for hydroxylation is 1. The van der Waals surface area contributed by atoms with Crippen molar-refractivity contribution in [2.24, 2.45) is 0 Å². The van der Waals surface area contributed by atoms with Crippen molar-refractivity contribution in [1.29, 1.82) is 5.26 Å². The summed E-state index contributed by atoms with van der Waals surface area (Å²) in [5, 5.41) is 11.3. The van der Waals surface area contributed by atoms with Crippen LogP contribution in [0, 0.1) is 18.3 Å². The Morgan fingerprint density at radius 2 is 2.29 bits per heavy atom. The minimum Gasteiger partial charge on any atom is -0.469 e. The number of nitrogens with zero attached hydrogens (tertiary/aromatic N) is 1. The van der Waals surface area contributed by atoms with E-state index in [0.29, 0.717) is 11.3 Å². The van der Waals surface area contributed by atoms with Crippen molar-refractivity contribution in [3.63, 3.8) is 0 Å². The van der Waals surface area contributed by atoms with Crippen LogP contribution in [0.5, 0.6) is 0 Å². The van der Waals surface area contributed by atoms with E-state index in [4.69, 9.17) is 9.68 Å². The molecule has 0 aliphatic carbocycles. The van der Waals surface area contributed by atoms with Gasteiger partial charge in [-0.05, 0) is 26.8 Å². The summed E-state index contributed by atoms with van der Waals surface area (Å²) in [7, 11) is 0. The van der Waals surface area contributed by atoms with Crippen LogP contribution in [-0.2, 0) is 0 Å². The molecule has 4 nitrogen and oxygen atoms in total. The first-order valence-corrected chi connectivity index (χ1v) is 4.24. The van der Waals surface area contributed by atoms with Gasteiger partial charge in [0, 0.05) is 0 Å². The third kappa shape index (κ3) is 2.13. The van der Waals surface area contributed by atoms with E-state index in [1.165, 1.54) is 6.26 Å². The largest absolute Gasteiger partial charge is 0.469 e. The van der Waals surface area contributed by atoms with E-state index in [1.54, 1.807) is 26.8 Å². The molecular formula is C10H12N2O2. The first kappa shape index (κ1) is 10.3. The van der Waals surface area contributed by atoms with Crippen molar-refractivity contribution in [1.82, 2.24) is 5.32 Å². The topological polar surface area (TPSA) is 66.0 Å². The maximum atomic E-state index is 11.6. The van der Waals surface area contributed by atoms with E-state index in [1.807, 2.05) is 6.07 Å². The van der Waals surface area contributed by atoms with E-state index < -0.39 is 5.54 Å². The lowest BCUT2D eigenvalue weighted by Crippen LogP contribution is -2.42. The van der Waals surface area contributed by atoms with Gasteiger partial charge in [-0.15, -0.1) is 0 Å². The van der Waals surface area contributed by atoms with Gasteiger partial charge in [-0.25, -0.2) is 0 Å². The summed E-state index contributed by atoms with van der Waals surface area (Å²) in [4.78, 5) is 11.6. The number of hydrogen-bond donors (Lipinski definition) is 1. The molecule has 1 amide bonds. The van der Waals surface area contributed by atoms with Gasteiger partial charge in [0.05, 0.1) is 17.9 Å². The summed E-state index contributed by atoms with van der Waals surface area (Å²) in [6.07, 6.45) is 1.45. The molecule has 0 radical (unpaired) electrons. The Hall–Kier alpha value is -1.76. The fraction of sp³-hybridized carbons (Fsp3) is 0.400. The van der Waals surface area contributed by atoms with Gasteiger partial charge in [0.15, 0.2) is 0 Å². The van der Waals surface area contributed by atoms with Crippen LogP contribution in [0.4, 0.5) is 0 Å². The SMILES string of the molecule is Cc1occc1C(=O)NC(C)(C)C#N. The normalized spacial score (nSPS) is 10.7. The monoisotopic (exact) mass is 192 g/mol. The number of nitriles is 1. The molecule has 1 aromatic heterocycles. The molecule has 4 heteroatoms. The van der Waals surface area contributed by atoms with Gasteiger partial charge < -0.3 is 9.73 Å². The summed E-state index contributed by atoms with van der Waals surface area (Å²) in [5.74, 6) is 0.263. The third-order valence-electron chi connectivity index (χ3n) is 1.81. The van der Waals surface area contributed by atoms with Gasteiger partial charge >= 0.3 is 0 Å². The Labute approximate surface area is 82.5 Å². The number of furan rings is 1. The molecule has 14 heavy (non-hydrogen) atoms. The van der Waals surface area contributed by atoms with Crippen molar-refractivity contribution >= 4 is 5.91 Å². The lowest BCUT2D eigenvalue weighted by atomic mass is 10.1. The molecule has 0 aliphatic rings. The van der Waals surface area contributed by atoms with Crippen molar-refractivity contribution < 1.29 is 9.21 Å². The van der Waals surface area contributed by atoms with E-state index in [-0.39, 0.29) is 5.91 Å². The number of carbonyl (C=O) groups excluding carboxylic acids is 1. The van der Waals surface area contributed by atoms with Gasteiger partial charge in [-0.1, -0.05) is 0 Å². The minimum absolute atomic E-state index is 0.289. The Balaban J connectivity index is 2.80. The molecule has 1 rings (SSSR count). The first-order chi connectivity index (χ1) is 6.46. The summed E-state index contributed by atoms with van der Waals surface area (Å²) >= 11 is 0. The second-order valence-corrected chi connectivity index (χ2v) is 3.58. The van der Waals surface area contributed by atoms with Gasteiger partial charge in [0.2, 0.25) is 0 Å². The molecule has 0 unspecified atom stereocenters. The van der Waals surface area contributed by atoms with Crippen LogP contribution in [0.2, 0.25) is 0 Å². The predicted molar refractivity (Wildman–Crippen MR) is 50.6 cm³/mol. The maximum absolute atomic E-state index is 11.6. The Morgan fingerprint density at radius 1 is 1.64 bits per heavy atom. The standard InChI is InChI=1S/C10H12N2O2/c1-7-8(4-5-14-7)9(13)12-10(2,3)6-11/h4-5H,1-3H3,(H,12,13). The smallest absolute Gasteiger partial charge is 0.256 e. The molecule has 0 aromatic carbocycles. The quantitative estimate of drug-likeness (QED) is 0.774. The summed E-state index contributed by atoms with van der Waals surface area (Å²) in [5.41, 5.74) is -0.394. The second kappa shape index (κ2) is 3.54. The second-order valence-electron chi connectivity index (χ2n) is 3.58. The van der Waals surface area contributed by atoms with Crippen LogP contribution in [0.25, 0.3) is 0 Å².